The van der Waals surface area contributed by atoms with Crippen molar-refractivity contribution < 1.29 is 0 Å². The molecule has 0 aliphatic carbocycles. The van der Waals surface area contributed by atoms with Gasteiger partial charge in [0.1, 0.15) is 5.69 Å². The van der Waals surface area contributed by atoms with Crippen LogP contribution in [-0.4, -0.2) is 46.0 Å². The van der Waals surface area contributed by atoms with Crippen LogP contribution >= 0.6 is 0 Å². The summed E-state index contributed by atoms with van der Waals surface area (Å²) in [5.41, 5.74) is 1.76. The highest BCUT2D eigenvalue weighted by atomic mass is 15.2. The fraction of sp³-hybridized carbons (Fsp3) is 0.400. The summed E-state index contributed by atoms with van der Waals surface area (Å²) in [5, 5.41) is 3.36. The molecular weight excluding hydrogens is 250 g/mol. The van der Waals surface area contributed by atoms with Crippen molar-refractivity contribution in [3.05, 3.63) is 36.8 Å². The Kier molecular flexibility index (Phi) is 4.18. The highest BCUT2D eigenvalue weighted by molar-refractivity contribution is 5.50. The van der Waals surface area contributed by atoms with Gasteiger partial charge in [0.2, 0.25) is 0 Å². The quantitative estimate of drug-likeness (QED) is 0.900. The summed E-state index contributed by atoms with van der Waals surface area (Å²) in [5.74, 6) is 0.663. The maximum Gasteiger partial charge on any atom is 0.178 e. The van der Waals surface area contributed by atoms with Gasteiger partial charge in [-0.05, 0) is 38.1 Å². The van der Waals surface area contributed by atoms with Crippen molar-refractivity contribution in [2.45, 2.75) is 12.8 Å². The molecule has 3 heterocycles. The molecule has 1 aliphatic rings. The van der Waals surface area contributed by atoms with Gasteiger partial charge in [-0.1, -0.05) is 6.07 Å². The van der Waals surface area contributed by atoms with Crippen LogP contribution in [0.5, 0.6) is 0 Å². The van der Waals surface area contributed by atoms with Crippen LogP contribution in [-0.2, 0) is 0 Å². The number of likely N-dealkylation sites (tertiary alicyclic amines) is 1. The Morgan fingerprint density at radius 3 is 2.55 bits per heavy atom. The Hall–Kier alpha value is -2.01. The summed E-state index contributed by atoms with van der Waals surface area (Å²) < 4.78 is 0. The standard InChI is InChI=1S/C15H19N5/c1-2-6-17-14(5-1)15-18-11-13(12-19-15)16-7-10-20-8-3-4-9-20/h1-2,5-6,11-12,16H,3-4,7-10H2. The minimum atomic E-state index is 0.663. The summed E-state index contributed by atoms with van der Waals surface area (Å²) in [7, 11) is 0. The minimum Gasteiger partial charge on any atom is -0.381 e. The van der Waals surface area contributed by atoms with Gasteiger partial charge in [0.25, 0.3) is 0 Å². The van der Waals surface area contributed by atoms with Crippen molar-refractivity contribution in [1.82, 2.24) is 19.9 Å². The van der Waals surface area contributed by atoms with Gasteiger partial charge in [0.05, 0.1) is 18.1 Å². The lowest BCUT2D eigenvalue weighted by Gasteiger charge is -2.15. The lowest BCUT2D eigenvalue weighted by Crippen LogP contribution is -2.26. The van der Waals surface area contributed by atoms with E-state index in [9.17, 15) is 0 Å². The van der Waals surface area contributed by atoms with Crippen molar-refractivity contribution >= 4 is 5.69 Å². The first-order valence-electron chi connectivity index (χ1n) is 7.11. The number of aromatic nitrogens is 3. The second-order valence-corrected chi connectivity index (χ2v) is 4.99. The topological polar surface area (TPSA) is 53.9 Å². The molecule has 1 aliphatic heterocycles. The third-order valence-corrected chi connectivity index (χ3v) is 3.50. The lowest BCUT2D eigenvalue weighted by molar-refractivity contribution is 0.352. The predicted octanol–water partition coefficient (Wildman–Crippen LogP) is 2.05. The van der Waals surface area contributed by atoms with E-state index in [0.717, 1.165) is 24.5 Å². The molecule has 0 amide bonds. The number of hydrogen-bond acceptors (Lipinski definition) is 5. The molecule has 5 nitrogen and oxygen atoms in total. The number of hydrogen-bond donors (Lipinski definition) is 1. The van der Waals surface area contributed by atoms with Crippen LogP contribution in [0.1, 0.15) is 12.8 Å². The molecule has 2 aromatic heterocycles. The van der Waals surface area contributed by atoms with Crippen molar-refractivity contribution in [3.63, 3.8) is 0 Å². The van der Waals surface area contributed by atoms with Crippen molar-refractivity contribution in [2.24, 2.45) is 0 Å². The molecule has 1 N–H and O–H groups in total. The van der Waals surface area contributed by atoms with Crippen LogP contribution in [0, 0.1) is 0 Å². The van der Waals surface area contributed by atoms with Crippen LogP contribution in [0.15, 0.2) is 36.8 Å². The first-order valence-corrected chi connectivity index (χ1v) is 7.11. The van der Waals surface area contributed by atoms with Gasteiger partial charge in [-0.15, -0.1) is 0 Å². The molecule has 0 aromatic carbocycles. The maximum absolute atomic E-state index is 4.35. The van der Waals surface area contributed by atoms with Gasteiger partial charge in [-0.3, -0.25) is 4.98 Å². The van der Waals surface area contributed by atoms with E-state index in [2.05, 4.69) is 25.2 Å². The van der Waals surface area contributed by atoms with Gasteiger partial charge >= 0.3 is 0 Å². The molecular formula is C15H19N5. The van der Waals surface area contributed by atoms with Crippen LogP contribution in [0.3, 0.4) is 0 Å². The number of anilines is 1. The average Bonchev–Trinajstić information content (AvgIpc) is 3.02. The molecule has 0 atom stereocenters. The zero-order valence-electron chi connectivity index (χ0n) is 11.5. The monoisotopic (exact) mass is 269 g/mol. The van der Waals surface area contributed by atoms with Gasteiger partial charge in [-0.25, -0.2) is 9.97 Å². The Morgan fingerprint density at radius 2 is 1.85 bits per heavy atom. The lowest BCUT2D eigenvalue weighted by atomic mass is 10.3. The predicted molar refractivity (Wildman–Crippen MR) is 79.4 cm³/mol. The Labute approximate surface area is 119 Å². The third-order valence-electron chi connectivity index (χ3n) is 3.50. The van der Waals surface area contributed by atoms with Crippen LogP contribution in [0.4, 0.5) is 5.69 Å². The summed E-state index contributed by atoms with van der Waals surface area (Å²) >= 11 is 0. The molecule has 5 heteroatoms. The van der Waals surface area contributed by atoms with E-state index in [0.29, 0.717) is 5.82 Å². The molecule has 104 valence electrons. The summed E-state index contributed by atoms with van der Waals surface area (Å²) in [6.45, 7) is 4.49. The van der Waals surface area contributed by atoms with E-state index in [-0.39, 0.29) is 0 Å². The third kappa shape index (κ3) is 3.30. The molecule has 3 rings (SSSR count). The van der Waals surface area contributed by atoms with Gasteiger partial charge in [-0.2, -0.15) is 0 Å². The largest absolute Gasteiger partial charge is 0.381 e. The fourth-order valence-electron chi connectivity index (χ4n) is 2.41. The van der Waals surface area contributed by atoms with E-state index in [1.807, 2.05) is 30.6 Å². The number of rotatable bonds is 5. The normalized spacial score (nSPS) is 15.4. The number of pyridine rings is 1. The first kappa shape index (κ1) is 13.0. The molecule has 0 bridgehead atoms. The zero-order valence-corrected chi connectivity index (χ0v) is 11.5. The van der Waals surface area contributed by atoms with E-state index >= 15 is 0 Å². The Morgan fingerprint density at radius 1 is 1.05 bits per heavy atom. The van der Waals surface area contributed by atoms with Gasteiger partial charge in [0.15, 0.2) is 5.82 Å². The first-order chi connectivity index (χ1) is 9.92. The highest BCUT2D eigenvalue weighted by Gasteiger charge is 2.10. The van der Waals surface area contributed by atoms with E-state index in [1.165, 1.54) is 25.9 Å². The molecule has 0 radical (unpaired) electrons. The van der Waals surface area contributed by atoms with Gasteiger partial charge in [0, 0.05) is 19.3 Å². The molecule has 0 spiro atoms. The smallest absolute Gasteiger partial charge is 0.178 e. The zero-order chi connectivity index (χ0) is 13.6. The summed E-state index contributed by atoms with van der Waals surface area (Å²) in [6.07, 6.45) is 8.06. The number of nitrogens with one attached hydrogen (secondary N) is 1. The average molecular weight is 269 g/mol. The molecule has 0 unspecified atom stereocenters. The van der Waals surface area contributed by atoms with Crippen LogP contribution in [0.2, 0.25) is 0 Å². The van der Waals surface area contributed by atoms with E-state index in [1.54, 1.807) is 6.20 Å². The van der Waals surface area contributed by atoms with Crippen molar-refractivity contribution in [2.75, 3.05) is 31.5 Å². The molecule has 1 fully saturated rings. The maximum atomic E-state index is 4.35. The van der Waals surface area contributed by atoms with Gasteiger partial charge < -0.3 is 10.2 Å². The second-order valence-electron chi connectivity index (χ2n) is 4.99. The molecule has 0 saturated carbocycles. The van der Waals surface area contributed by atoms with E-state index in [4.69, 9.17) is 0 Å². The highest BCUT2D eigenvalue weighted by Crippen LogP contribution is 2.12. The number of nitrogens with zero attached hydrogens (tertiary/aromatic N) is 4. The summed E-state index contributed by atoms with van der Waals surface area (Å²) in [6, 6.07) is 5.74. The fourth-order valence-corrected chi connectivity index (χ4v) is 2.41. The molecule has 1 saturated heterocycles. The van der Waals surface area contributed by atoms with E-state index < -0.39 is 0 Å². The molecule has 20 heavy (non-hydrogen) atoms. The SMILES string of the molecule is c1ccc(-c2ncc(NCCN3CCCC3)cn2)nc1. The van der Waals surface area contributed by atoms with Crippen LogP contribution in [0.25, 0.3) is 11.5 Å². The minimum absolute atomic E-state index is 0.663. The van der Waals surface area contributed by atoms with Crippen LogP contribution < -0.4 is 5.32 Å². The van der Waals surface area contributed by atoms with Crippen molar-refractivity contribution in [1.29, 1.82) is 0 Å². The second kappa shape index (κ2) is 6.43. The Bertz CT molecular complexity index is 520. The Balaban J connectivity index is 1.53. The molecule has 2 aromatic rings. The van der Waals surface area contributed by atoms with Crippen molar-refractivity contribution in [3.8, 4) is 11.5 Å². The summed E-state index contributed by atoms with van der Waals surface area (Å²) in [4.78, 5) is 15.4.